The van der Waals surface area contributed by atoms with E-state index in [2.05, 4.69) is 23.6 Å². The number of anilines is 1. The van der Waals surface area contributed by atoms with E-state index in [9.17, 15) is 18.3 Å². The smallest absolute Gasteiger partial charge is 0.261 e. The van der Waals surface area contributed by atoms with Gasteiger partial charge in [-0.25, -0.2) is 8.42 Å². The summed E-state index contributed by atoms with van der Waals surface area (Å²) in [5.41, 5.74) is 0.519. The highest BCUT2D eigenvalue weighted by Crippen LogP contribution is 2.30. The molecule has 1 amide bonds. The van der Waals surface area contributed by atoms with Crippen LogP contribution in [0.5, 0.6) is 5.75 Å². The molecule has 250 valence electrons. The molecular weight excluding hydrogens is 590 g/mol. The molecule has 2 aromatic carbocycles. The maximum absolute atomic E-state index is 14.3. The summed E-state index contributed by atoms with van der Waals surface area (Å²) >= 11 is 0. The Labute approximate surface area is 270 Å². The molecule has 4 atom stereocenters. The molecular formula is C35H53N3O6S. The average Bonchev–Trinajstić information content (AvgIpc) is 3.03. The van der Waals surface area contributed by atoms with Gasteiger partial charge in [0.25, 0.3) is 15.9 Å². The van der Waals surface area contributed by atoms with Crippen molar-refractivity contribution in [3.8, 4) is 5.75 Å². The number of aliphatic hydroxyl groups excluding tert-OH is 1. The minimum Gasteiger partial charge on any atom is -0.490 e. The average molecular weight is 644 g/mol. The van der Waals surface area contributed by atoms with Crippen LogP contribution in [0.15, 0.2) is 53.4 Å². The molecule has 1 fully saturated rings. The third-order valence-corrected chi connectivity index (χ3v) is 10.5. The fraction of sp³-hybridized carbons (Fsp3) is 0.629. The Morgan fingerprint density at radius 3 is 2.42 bits per heavy atom. The zero-order valence-corrected chi connectivity index (χ0v) is 28.3. The van der Waals surface area contributed by atoms with Crippen LogP contribution in [-0.2, 0) is 14.8 Å². The van der Waals surface area contributed by atoms with Crippen LogP contribution in [0.2, 0.25) is 0 Å². The fourth-order valence-corrected chi connectivity index (χ4v) is 7.53. The third kappa shape index (κ3) is 10.2. The molecule has 4 rings (SSSR count). The molecule has 0 spiro atoms. The number of nitrogens with zero attached hydrogens (tertiary/aromatic N) is 2. The van der Waals surface area contributed by atoms with Gasteiger partial charge in [0.1, 0.15) is 5.75 Å². The summed E-state index contributed by atoms with van der Waals surface area (Å²) in [6, 6.07) is 12.5. The van der Waals surface area contributed by atoms with Crippen LogP contribution >= 0.6 is 0 Å². The van der Waals surface area contributed by atoms with Crippen LogP contribution in [0.4, 0.5) is 5.69 Å². The summed E-state index contributed by atoms with van der Waals surface area (Å²) < 4.78 is 41.6. The van der Waals surface area contributed by atoms with E-state index < -0.39 is 16.1 Å². The number of sulfonamides is 1. The lowest BCUT2D eigenvalue weighted by Crippen LogP contribution is -2.47. The lowest BCUT2D eigenvalue weighted by atomic mass is 9.89. The Hall–Kier alpha value is -2.66. The molecule has 2 aromatic rings. The molecule has 0 radical (unpaired) electrons. The van der Waals surface area contributed by atoms with Crippen LogP contribution in [-0.4, -0.2) is 87.4 Å². The van der Waals surface area contributed by atoms with Gasteiger partial charge in [0.15, 0.2) is 0 Å². The maximum atomic E-state index is 14.3. The Bertz CT molecular complexity index is 1320. The first-order chi connectivity index (χ1) is 21.6. The summed E-state index contributed by atoms with van der Waals surface area (Å²) in [5.74, 6) is 0.784. The minimum absolute atomic E-state index is 0.0113. The first-order valence-corrected chi connectivity index (χ1v) is 18.2. The standard InChI is InChI=1S/C35H53N3O6S/c1-26-22-38(27(2)25-39)35(40)32-21-30(36-45(41,42)31-16-9-6-10-17-31)18-19-33(32)44-28(3)13-11-12-20-43-34(26)24-37(4)23-29-14-7-5-8-15-29/h6,9-10,16-19,21,26-29,34,36,39H,5,7-8,11-15,20,22-25H2,1-4H3/t26-,27+,28-,34-/m1/s1. The Balaban J connectivity index is 1.62. The van der Waals surface area contributed by atoms with Crippen molar-refractivity contribution in [2.75, 3.05) is 44.6 Å². The fourth-order valence-electron chi connectivity index (χ4n) is 6.45. The second kappa shape index (κ2) is 16.8. The molecule has 1 saturated carbocycles. The molecule has 10 heteroatoms. The molecule has 0 bridgehead atoms. The summed E-state index contributed by atoms with van der Waals surface area (Å²) in [5, 5.41) is 10.2. The van der Waals surface area contributed by atoms with Gasteiger partial charge in [0.2, 0.25) is 0 Å². The van der Waals surface area contributed by atoms with Gasteiger partial charge in [0, 0.05) is 37.8 Å². The van der Waals surface area contributed by atoms with E-state index in [4.69, 9.17) is 9.47 Å². The summed E-state index contributed by atoms with van der Waals surface area (Å²) in [6.45, 7) is 8.54. The molecule has 2 aliphatic rings. The maximum Gasteiger partial charge on any atom is 0.261 e. The SMILES string of the molecule is C[C@@H]1CCCCO[C@H](CN(C)CC2CCCCC2)[C@H](C)CN([C@@H](C)CO)C(=O)c2cc(NS(=O)(=O)c3ccccc3)ccc2O1. The Kier molecular flexibility index (Phi) is 13.1. The highest BCUT2D eigenvalue weighted by Gasteiger charge is 2.31. The van der Waals surface area contributed by atoms with E-state index in [1.807, 2.05) is 13.8 Å². The van der Waals surface area contributed by atoms with Crippen molar-refractivity contribution in [2.45, 2.75) is 95.3 Å². The predicted molar refractivity (Wildman–Crippen MR) is 178 cm³/mol. The van der Waals surface area contributed by atoms with Gasteiger partial charge in [-0.2, -0.15) is 0 Å². The number of hydrogen-bond acceptors (Lipinski definition) is 7. The van der Waals surface area contributed by atoms with Crippen LogP contribution in [0.3, 0.4) is 0 Å². The number of amides is 1. The number of nitrogens with one attached hydrogen (secondary N) is 1. The van der Waals surface area contributed by atoms with E-state index in [1.165, 1.54) is 44.2 Å². The Morgan fingerprint density at radius 2 is 1.71 bits per heavy atom. The molecule has 1 aliphatic heterocycles. The topological polar surface area (TPSA) is 108 Å². The van der Waals surface area contributed by atoms with Gasteiger partial charge < -0.3 is 24.4 Å². The quantitative estimate of drug-likeness (QED) is 0.356. The van der Waals surface area contributed by atoms with Gasteiger partial charge in [-0.3, -0.25) is 9.52 Å². The molecule has 0 aromatic heterocycles. The van der Waals surface area contributed by atoms with E-state index in [-0.39, 0.29) is 46.8 Å². The molecule has 45 heavy (non-hydrogen) atoms. The lowest BCUT2D eigenvalue weighted by molar-refractivity contribution is -0.0190. The molecule has 0 unspecified atom stereocenters. The number of carbonyl (C=O) groups excluding carboxylic acids is 1. The van der Waals surface area contributed by atoms with Crippen LogP contribution in [0.25, 0.3) is 0 Å². The normalized spacial score (nSPS) is 23.6. The lowest BCUT2D eigenvalue weighted by Gasteiger charge is -2.36. The van der Waals surface area contributed by atoms with Crippen molar-refractivity contribution in [1.82, 2.24) is 9.80 Å². The van der Waals surface area contributed by atoms with Gasteiger partial charge in [-0.15, -0.1) is 0 Å². The monoisotopic (exact) mass is 643 g/mol. The van der Waals surface area contributed by atoms with Gasteiger partial charge in [-0.1, -0.05) is 44.4 Å². The minimum atomic E-state index is -3.87. The number of benzene rings is 2. The van der Waals surface area contributed by atoms with E-state index >= 15 is 0 Å². The van der Waals surface area contributed by atoms with Crippen molar-refractivity contribution in [2.24, 2.45) is 11.8 Å². The van der Waals surface area contributed by atoms with Crippen molar-refractivity contribution >= 4 is 21.6 Å². The molecule has 1 heterocycles. The Morgan fingerprint density at radius 1 is 1.00 bits per heavy atom. The number of carbonyl (C=O) groups is 1. The number of likely N-dealkylation sites (N-methyl/N-ethyl adjacent to an activating group) is 1. The van der Waals surface area contributed by atoms with Crippen LogP contribution < -0.4 is 9.46 Å². The largest absolute Gasteiger partial charge is 0.490 e. The highest BCUT2D eigenvalue weighted by molar-refractivity contribution is 7.92. The van der Waals surface area contributed by atoms with Gasteiger partial charge >= 0.3 is 0 Å². The first-order valence-electron chi connectivity index (χ1n) is 16.7. The number of hydrogen-bond donors (Lipinski definition) is 2. The zero-order valence-electron chi connectivity index (χ0n) is 27.5. The van der Waals surface area contributed by atoms with E-state index in [1.54, 1.807) is 41.3 Å². The molecule has 2 N–H and O–H groups in total. The summed E-state index contributed by atoms with van der Waals surface area (Å²) in [6.07, 6.45) is 8.90. The number of fused-ring (bicyclic) bond motifs is 1. The van der Waals surface area contributed by atoms with Crippen LogP contribution in [0, 0.1) is 11.8 Å². The molecule has 9 nitrogen and oxygen atoms in total. The zero-order chi connectivity index (χ0) is 32.4. The first kappa shape index (κ1) is 35.2. The number of aliphatic hydroxyl groups is 1. The van der Waals surface area contributed by atoms with E-state index in [0.29, 0.717) is 18.9 Å². The van der Waals surface area contributed by atoms with Gasteiger partial charge in [0.05, 0.1) is 35.3 Å². The van der Waals surface area contributed by atoms with Crippen molar-refractivity contribution in [3.63, 3.8) is 0 Å². The third-order valence-electron chi connectivity index (χ3n) is 9.14. The van der Waals surface area contributed by atoms with E-state index in [0.717, 1.165) is 38.3 Å². The van der Waals surface area contributed by atoms with Crippen molar-refractivity contribution < 1.29 is 27.8 Å². The second-order valence-electron chi connectivity index (χ2n) is 13.2. The second-order valence-corrected chi connectivity index (χ2v) is 14.8. The van der Waals surface area contributed by atoms with Gasteiger partial charge in [-0.05, 0) is 89.2 Å². The van der Waals surface area contributed by atoms with Crippen LogP contribution in [0.1, 0.15) is 82.5 Å². The van der Waals surface area contributed by atoms with Crippen molar-refractivity contribution in [1.29, 1.82) is 0 Å². The summed E-state index contributed by atoms with van der Waals surface area (Å²) in [4.78, 5) is 18.5. The molecule has 1 aliphatic carbocycles. The van der Waals surface area contributed by atoms with Crippen molar-refractivity contribution in [3.05, 3.63) is 54.1 Å². The summed E-state index contributed by atoms with van der Waals surface area (Å²) in [7, 11) is -1.70. The highest BCUT2D eigenvalue weighted by atomic mass is 32.2. The predicted octanol–water partition coefficient (Wildman–Crippen LogP) is 5.80. The number of ether oxygens (including phenoxy) is 2. The number of rotatable bonds is 9. The molecule has 0 saturated heterocycles.